The monoisotopic (exact) mass is 196 g/mol. The van der Waals surface area contributed by atoms with E-state index in [1.165, 1.54) is 5.56 Å². The van der Waals surface area contributed by atoms with Crippen molar-refractivity contribution in [1.29, 1.82) is 0 Å². The van der Waals surface area contributed by atoms with Crippen molar-refractivity contribution >= 4 is 11.8 Å². The number of rotatable bonds is 3. The maximum Gasteiger partial charge on any atom is 0.0960 e. The normalized spacial score (nSPS) is 12.9. The fourth-order valence-electron chi connectivity index (χ4n) is 1.27. The zero-order chi connectivity index (χ0) is 9.84. The lowest BCUT2D eigenvalue weighted by Crippen LogP contribution is -2.11. The van der Waals surface area contributed by atoms with Gasteiger partial charge < -0.3 is 5.73 Å². The van der Waals surface area contributed by atoms with Gasteiger partial charge in [0.05, 0.1) is 5.03 Å². The summed E-state index contributed by atoms with van der Waals surface area (Å²) in [6.07, 6.45) is 2.99. The molecular weight excluding hydrogens is 180 g/mol. The first-order chi connectivity index (χ1) is 6.19. The zero-order valence-electron chi connectivity index (χ0n) is 8.37. The number of aromatic nitrogens is 1. The fourth-order valence-corrected chi connectivity index (χ4v) is 1.71. The van der Waals surface area contributed by atoms with E-state index in [2.05, 4.69) is 18.0 Å². The minimum Gasteiger partial charge on any atom is -0.324 e. The standard InChI is InChI=1S/C10H16N2S/c1-4-9(11)8-5-6-10(13-3)12-7(8)2/h5-6,9H,4,11H2,1-3H3. The Morgan fingerprint density at radius 2 is 2.23 bits per heavy atom. The van der Waals surface area contributed by atoms with Crippen LogP contribution >= 0.6 is 11.8 Å². The van der Waals surface area contributed by atoms with E-state index in [1.54, 1.807) is 11.8 Å². The highest BCUT2D eigenvalue weighted by molar-refractivity contribution is 7.98. The number of aryl methyl sites for hydroxylation is 1. The van der Waals surface area contributed by atoms with Crippen molar-refractivity contribution < 1.29 is 0 Å². The summed E-state index contributed by atoms with van der Waals surface area (Å²) in [6, 6.07) is 4.24. The van der Waals surface area contributed by atoms with E-state index in [0.29, 0.717) is 0 Å². The molecule has 1 heterocycles. The SMILES string of the molecule is CCC(N)c1ccc(SC)nc1C. The Kier molecular flexibility index (Phi) is 3.75. The van der Waals surface area contributed by atoms with Gasteiger partial charge in [0.2, 0.25) is 0 Å². The molecule has 0 aliphatic carbocycles. The van der Waals surface area contributed by atoms with Crippen LogP contribution in [-0.2, 0) is 0 Å². The molecule has 0 radical (unpaired) electrons. The molecule has 1 unspecified atom stereocenters. The van der Waals surface area contributed by atoms with Gasteiger partial charge in [0.15, 0.2) is 0 Å². The number of hydrogen-bond donors (Lipinski definition) is 1. The minimum atomic E-state index is 0.128. The Morgan fingerprint density at radius 1 is 1.54 bits per heavy atom. The first-order valence-electron chi connectivity index (χ1n) is 4.46. The maximum atomic E-state index is 5.94. The maximum absolute atomic E-state index is 5.94. The second kappa shape index (κ2) is 4.63. The smallest absolute Gasteiger partial charge is 0.0960 e. The molecule has 0 aliphatic rings. The molecule has 2 N–H and O–H groups in total. The molecule has 72 valence electrons. The van der Waals surface area contributed by atoms with Crippen LogP contribution in [0.4, 0.5) is 0 Å². The predicted octanol–water partition coefficient (Wildman–Crippen LogP) is 2.52. The van der Waals surface area contributed by atoms with Crippen molar-refractivity contribution in [1.82, 2.24) is 4.98 Å². The lowest BCUT2D eigenvalue weighted by molar-refractivity contribution is 0.686. The number of pyridine rings is 1. The third-order valence-electron chi connectivity index (χ3n) is 2.15. The summed E-state index contributed by atoms with van der Waals surface area (Å²) >= 11 is 1.66. The van der Waals surface area contributed by atoms with Crippen LogP contribution in [0.25, 0.3) is 0 Å². The van der Waals surface area contributed by atoms with Gasteiger partial charge in [-0.1, -0.05) is 13.0 Å². The molecule has 1 rings (SSSR count). The highest BCUT2D eigenvalue weighted by atomic mass is 32.2. The number of nitrogens with two attached hydrogens (primary N) is 1. The van der Waals surface area contributed by atoms with Gasteiger partial charge in [-0.3, -0.25) is 0 Å². The fraction of sp³-hybridized carbons (Fsp3) is 0.500. The molecule has 13 heavy (non-hydrogen) atoms. The van der Waals surface area contributed by atoms with Gasteiger partial charge in [0.25, 0.3) is 0 Å². The van der Waals surface area contributed by atoms with E-state index in [4.69, 9.17) is 5.73 Å². The molecule has 2 nitrogen and oxygen atoms in total. The summed E-state index contributed by atoms with van der Waals surface area (Å²) in [6.45, 7) is 4.11. The average Bonchev–Trinajstić information content (AvgIpc) is 2.16. The molecule has 0 aromatic carbocycles. The average molecular weight is 196 g/mol. The Bertz CT molecular complexity index is 286. The molecular formula is C10H16N2S. The lowest BCUT2D eigenvalue weighted by atomic mass is 10.0. The van der Waals surface area contributed by atoms with Crippen LogP contribution in [0.15, 0.2) is 17.2 Å². The van der Waals surface area contributed by atoms with Crippen LogP contribution in [-0.4, -0.2) is 11.2 Å². The first-order valence-corrected chi connectivity index (χ1v) is 5.68. The zero-order valence-corrected chi connectivity index (χ0v) is 9.19. The van der Waals surface area contributed by atoms with Gasteiger partial charge in [0, 0.05) is 11.7 Å². The number of nitrogens with zero attached hydrogens (tertiary/aromatic N) is 1. The summed E-state index contributed by atoms with van der Waals surface area (Å²) in [5, 5.41) is 1.06. The van der Waals surface area contributed by atoms with E-state index in [9.17, 15) is 0 Å². The highest BCUT2D eigenvalue weighted by Gasteiger charge is 2.07. The van der Waals surface area contributed by atoms with Crippen LogP contribution in [0.5, 0.6) is 0 Å². The van der Waals surface area contributed by atoms with Crippen LogP contribution < -0.4 is 5.73 Å². The van der Waals surface area contributed by atoms with Crippen molar-refractivity contribution in [2.45, 2.75) is 31.3 Å². The molecule has 0 saturated carbocycles. The quantitative estimate of drug-likeness (QED) is 0.755. The van der Waals surface area contributed by atoms with Gasteiger partial charge in [-0.15, -0.1) is 11.8 Å². The molecule has 0 saturated heterocycles. The summed E-state index contributed by atoms with van der Waals surface area (Å²) < 4.78 is 0. The Hall–Kier alpha value is -0.540. The van der Waals surface area contributed by atoms with Gasteiger partial charge in [-0.05, 0) is 31.2 Å². The van der Waals surface area contributed by atoms with Crippen molar-refractivity contribution in [3.8, 4) is 0 Å². The summed E-state index contributed by atoms with van der Waals surface area (Å²) in [5.41, 5.74) is 8.16. The van der Waals surface area contributed by atoms with Crippen LogP contribution in [0.3, 0.4) is 0 Å². The number of hydrogen-bond acceptors (Lipinski definition) is 3. The molecule has 1 aromatic heterocycles. The van der Waals surface area contributed by atoms with E-state index in [1.807, 2.05) is 19.2 Å². The molecule has 0 bridgehead atoms. The van der Waals surface area contributed by atoms with Crippen molar-refractivity contribution in [3.63, 3.8) is 0 Å². The molecule has 0 aliphatic heterocycles. The van der Waals surface area contributed by atoms with Crippen molar-refractivity contribution in [2.75, 3.05) is 6.26 Å². The van der Waals surface area contributed by atoms with Gasteiger partial charge >= 0.3 is 0 Å². The molecule has 0 spiro atoms. The van der Waals surface area contributed by atoms with Crippen molar-refractivity contribution in [3.05, 3.63) is 23.4 Å². The van der Waals surface area contributed by atoms with Crippen LogP contribution in [0.1, 0.15) is 30.6 Å². The molecule has 1 aromatic rings. The van der Waals surface area contributed by atoms with Crippen molar-refractivity contribution in [2.24, 2.45) is 5.73 Å². The highest BCUT2D eigenvalue weighted by Crippen LogP contribution is 2.20. The van der Waals surface area contributed by atoms with Gasteiger partial charge in [-0.2, -0.15) is 0 Å². The second-order valence-corrected chi connectivity index (χ2v) is 3.87. The van der Waals surface area contributed by atoms with E-state index in [0.717, 1.165) is 17.1 Å². The third-order valence-corrected chi connectivity index (χ3v) is 2.80. The Labute approximate surface area is 83.9 Å². The van der Waals surface area contributed by atoms with E-state index < -0.39 is 0 Å². The predicted molar refractivity (Wildman–Crippen MR) is 58.0 cm³/mol. The van der Waals surface area contributed by atoms with Crippen LogP contribution in [0, 0.1) is 6.92 Å². The van der Waals surface area contributed by atoms with Gasteiger partial charge in [-0.25, -0.2) is 4.98 Å². The summed E-state index contributed by atoms with van der Waals surface area (Å²) in [7, 11) is 0. The molecule has 3 heteroatoms. The van der Waals surface area contributed by atoms with E-state index >= 15 is 0 Å². The number of thioether (sulfide) groups is 1. The summed E-state index contributed by atoms with van der Waals surface area (Å²) in [4.78, 5) is 4.44. The largest absolute Gasteiger partial charge is 0.324 e. The third kappa shape index (κ3) is 2.45. The Balaban J connectivity index is 2.98. The Morgan fingerprint density at radius 3 is 2.69 bits per heavy atom. The van der Waals surface area contributed by atoms with E-state index in [-0.39, 0.29) is 6.04 Å². The van der Waals surface area contributed by atoms with Crippen LogP contribution in [0.2, 0.25) is 0 Å². The first kappa shape index (κ1) is 10.5. The second-order valence-electron chi connectivity index (χ2n) is 3.04. The summed E-state index contributed by atoms with van der Waals surface area (Å²) in [5.74, 6) is 0. The lowest BCUT2D eigenvalue weighted by Gasteiger charge is -2.12. The minimum absolute atomic E-state index is 0.128. The van der Waals surface area contributed by atoms with Gasteiger partial charge in [0.1, 0.15) is 0 Å². The molecule has 0 amide bonds. The molecule has 1 atom stereocenters. The molecule has 0 fully saturated rings. The topological polar surface area (TPSA) is 38.9 Å².